The summed E-state index contributed by atoms with van der Waals surface area (Å²) in [4.78, 5) is 15.6. The van der Waals surface area contributed by atoms with E-state index in [0.29, 0.717) is 27.7 Å². The zero-order chi connectivity index (χ0) is 15.0. The fraction of sp³-hybridized carbons (Fsp3) is 0.533. The molecule has 2 unspecified atom stereocenters. The van der Waals surface area contributed by atoms with Gasteiger partial charge in [0.15, 0.2) is 0 Å². The van der Waals surface area contributed by atoms with E-state index in [2.05, 4.69) is 5.32 Å². The van der Waals surface area contributed by atoms with Crippen molar-refractivity contribution in [3.8, 4) is 0 Å². The SMILES string of the molecule is CSc1cc(C(=O)N2CCC3CCC(C2)N3)c(Cl)cc1Cl.Cl. The molecule has 3 rings (SSSR count). The molecule has 2 fully saturated rings. The molecule has 3 nitrogen and oxygen atoms in total. The fourth-order valence-corrected chi connectivity index (χ4v) is 4.33. The molecule has 0 aliphatic carbocycles. The van der Waals surface area contributed by atoms with Gasteiger partial charge in [-0.05, 0) is 37.7 Å². The van der Waals surface area contributed by atoms with Gasteiger partial charge in [-0.1, -0.05) is 23.2 Å². The number of benzene rings is 1. The first-order valence-electron chi connectivity index (χ1n) is 7.17. The Kier molecular flexibility index (Phi) is 6.31. The highest BCUT2D eigenvalue weighted by Crippen LogP contribution is 2.32. The highest BCUT2D eigenvalue weighted by Gasteiger charge is 2.32. The van der Waals surface area contributed by atoms with Crippen LogP contribution in [-0.2, 0) is 0 Å². The molecule has 0 spiro atoms. The van der Waals surface area contributed by atoms with Crippen LogP contribution in [0.4, 0.5) is 0 Å². The van der Waals surface area contributed by atoms with Gasteiger partial charge in [0.05, 0.1) is 15.6 Å². The Morgan fingerprint density at radius 2 is 1.95 bits per heavy atom. The molecular formula is C15H19Cl3N2OS. The van der Waals surface area contributed by atoms with Crippen molar-refractivity contribution in [3.05, 3.63) is 27.7 Å². The number of thioether (sulfide) groups is 1. The molecule has 0 aromatic heterocycles. The van der Waals surface area contributed by atoms with E-state index in [9.17, 15) is 4.79 Å². The van der Waals surface area contributed by atoms with Gasteiger partial charge in [-0.2, -0.15) is 0 Å². The number of carbonyl (C=O) groups excluding carboxylic acids is 1. The lowest BCUT2D eigenvalue weighted by atomic mass is 10.1. The summed E-state index contributed by atoms with van der Waals surface area (Å²) in [6.07, 6.45) is 5.34. The summed E-state index contributed by atoms with van der Waals surface area (Å²) >= 11 is 13.9. The van der Waals surface area contributed by atoms with Crippen LogP contribution < -0.4 is 5.32 Å². The lowest BCUT2D eigenvalue weighted by molar-refractivity contribution is 0.0748. The highest BCUT2D eigenvalue weighted by molar-refractivity contribution is 7.98. The molecule has 2 atom stereocenters. The van der Waals surface area contributed by atoms with Gasteiger partial charge in [0.2, 0.25) is 0 Å². The first kappa shape index (κ1) is 18.2. The number of halogens is 3. The Balaban J connectivity index is 0.00000176. The number of hydrogen-bond acceptors (Lipinski definition) is 3. The van der Waals surface area contributed by atoms with Crippen LogP contribution in [0.15, 0.2) is 17.0 Å². The lowest BCUT2D eigenvalue weighted by Gasteiger charge is -2.25. The first-order chi connectivity index (χ1) is 10.1. The van der Waals surface area contributed by atoms with Gasteiger partial charge in [-0.3, -0.25) is 4.79 Å². The van der Waals surface area contributed by atoms with Crippen LogP contribution in [0.2, 0.25) is 10.0 Å². The number of likely N-dealkylation sites (tertiary alicyclic amines) is 1. The molecule has 1 aromatic carbocycles. The molecular weight excluding hydrogens is 363 g/mol. The summed E-state index contributed by atoms with van der Waals surface area (Å²) in [6.45, 7) is 1.56. The van der Waals surface area contributed by atoms with E-state index in [1.807, 2.05) is 17.2 Å². The van der Waals surface area contributed by atoms with Crippen molar-refractivity contribution in [1.82, 2.24) is 10.2 Å². The largest absolute Gasteiger partial charge is 0.337 e. The van der Waals surface area contributed by atoms with Gasteiger partial charge in [0, 0.05) is 30.1 Å². The second-order valence-electron chi connectivity index (χ2n) is 5.64. The normalized spacial score (nSPS) is 23.9. The number of nitrogens with one attached hydrogen (secondary N) is 1. The van der Waals surface area contributed by atoms with Crippen molar-refractivity contribution < 1.29 is 4.79 Å². The Morgan fingerprint density at radius 3 is 2.68 bits per heavy atom. The predicted molar refractivity (Wildman–Crippen MR) is 96.0 cm³/mol. The Bertz CT molecular complexity index is 570. The number of fused-ring (bicyclic) bond motifs is 2. The number of amides is 1. The maximum absolute atomic E-state index is 12.8. The molecule has 1 aromatic rings. The smallest absolute Gasteiger partial charge is 0.255 e. The third-order valence-electron chi connectivity index (χ3n) is 4.28. The zero-order valence-electron chi connectivity index (χ0n) is 12.3. The maximum atomic E-state index is 12.8. The van der Waals surface area contributed by atoms with E-state index in [0.717, 1.165) is 30.8 Å². The molecule has 2 aliphatic heterocycles. The highest BCUT2D eigenvalue weighted by atomic mass is 35.5. The van der Waals surface area contributed by atoms with E-state index < -0.39 is 0 Å². The van der Waals surface area contributed by atoms with E-state index in [1.165, 1.54) is 18.2 Å². The summed E-state index contributed by atoms with van der Waals surface area (Å²) in [6, 6.07) is 4.47. The minimum atomic E-state index is 0. The van der Waals surface area contributed by atoms with Gasteiger partial charge in [0.1, 0.15) is 0 Å². The molecule has 0 saturated carbocycles. The minimum Gasteiger partial charge on any atom is -0.337 e. The summed E-state index contributed by atoms with van der Waals surface area (Å²) in [5, 5.41) is 4.62. The predicted octanol–water partition coefficient (Wildman–Crippen LogP) is 4.10. The van der Waals surface area contributed by atoms with Crippen molar-refractivity contribution in [2.24, 2.45) is 0 Å². The van der Waals surface area contributed by atoms with Crippen LogP contribution in [-0.4, -0.2) is 42.2 Å². The fourth-order valence-electron chi connectivity index (χ4n) is 3.15. The molecule has 22 heavy (non-hydrogen) atoms. The van der Waals surface area contributed by atoms with Crippen LogP contribution in [0.3, 0.4) is 0 Å². The third kappa shape index (κ3) is 3.68. The first-order valence-corrected chi connectivity index (χ1v) is 9.15. The van der Waals surface area contributed by atoms with Crippen molar-refractivity contribution in [1.29, 1.82) is 0 Å². The second-order valence-corrected chi connectivity index (χ2v) is 7.31. The third-order valence-corrected chi connectivity index (χ3v) is 5.80. The summed E-state index contributed by atoms with van der Waals surface area (Å²) in [5.41, 5.74) is 0.559. The molecule has 1 amide bonds. The monoisotopic (exact) mass is 380 g/mol. The molecule has 2 aliphatic rings. The summed E-state index contributed by atoms with van der Waals surface area (Å²) in [5.74, 6) is 0.0151. The van der Waals surface area contributed by atoms with Crippen LogP contribution in [0.1, 0.15) is 29.6 Å². The van der Waals surface area contributed by atoms with Gasteiger partial charge in [0.25, 0.3) is 5.91 Å². The lowest BCUT2D eigenvalue weighted by Crippen LogP contribution is -2.39. The van der Waals surface area contributed by atoms with E-state index in [1.54, 1.807) is 6.07 Å². The maximum Gasteiger partial charge on any atom is 0.255 e. The molecule has 0 radical (unpaired) electrons. The van der Waals surface area contributed by atoms with Crippen molar-refractivity contribution >= 4 is 53.3 Å². The van der Waals surface area contributed by atoms with Crippen molar-refractivity contribution in [2.75, 3.05) is 19.3 Å². The average molecular weight is 382 g/mol. The quantitative estimate of drug-likeness (QED) is 0.783. The number of rotatable bonds is 2. The standard InChI is InChI=1S/C15H18Cl2N2OS.ClH/c1-21-14-6-11(12(16)7-13(14)17)15(20)19-5-4-9-2-3-10(8-19)18-9;/h6-7,9-10,18H,2-5,8H2,1H3;1H. The number of nitrogens with zero attached hydrogens (tertiary/aromatic N) is 1. The van der Waals surface area contributed by atoms with Gasteiger partial charge >= 0.3 is 0 Å². The Hall–Kier alpha value is -0.130. The van der Waals surface area contributed by atoms with E-state index in [4.69, 9.17) is 23.2 Å². The van der Waals surface area contributed by atoms with Gasteiger partial charge in [-0.15, -0.1) is 24.2 Å². The van der Waals surface area contributed by atoms with Crippen LogP contribution in [0.5, 0.6) is 0 Å². The van der Waals surface area contributed by atoms with Crippen LogP contribution in [0.25, 0.3) is 0 Å². The topological polar surface area (TPSA) is 32.3 Å². The zero-order valence-corrected chi connectivity index (χ0v) is 15.4. The van der Waals surface area contributed by atoms with Gasteiger partial charge < -0.3 is 10.2 Å². The minimum absolute atomic E-state index is 0. The summed E-state index contributed by atoms with van der Waals surface area (Å²) < 4.78 is 0. The molecule has 2 saturated heterocycles. The molecule has 1 N–H and O–H groups in total. The van der Waals surface area contributed by atoms with Crippen LogP contribution in [0, 0.1) is 0 Å². The second kappa shape index (κ2) is 7.63. The van der Waals surface area contributed by atoms with Crippen LogP contribution >= 0.6 is 47.4 Å². The van der Waals surface area contributed by atoms with Gasteiger partial charge in [-0.25, -0.2) is 0 Å². The average Bonchev–Trinajstić information content (AvgIpc) is 2.78. The number of hydrogen-bond donors (Lipinski definition) is 1. The summed E-state index contributed by atoms with van der Waals surface area (Å²) in [7, 11) is 0. The Morgan fingerprint density at radius 1 is 1.23 bits per heavy atom. The Labute approximate surface area is 151 Å². The van der Waals surface area contributed by atoms with Crippen molar-refractivity contribution in [2.45, 2.75) is 36.2 Å². The van der Waals surface area contributed by atoms with Crippen molar-refractivity contribution in [3.63, 3.8) is 0 Å². The molecule has 2 heterocycles. The van der Waals surface area contributed by atoms with E-state index in [-0.39, 0.29) is 18.3 Å². The molecule has 7 heteroatoms. The molecule has 2 bridgehead atoms. The number of carbonyl (C=O) groups is 1. The molecule has 122 valence electrons. The van der Waals surface area contributed by atoms with E-state index >= 15 is 0 Å².